The number of rotatable bonds is 7. The molecule has 1 aliphatic carbocycles. The van der Waals surface area contributed by atoms with E-state index in [9.17, 15) is 8.42 Å². The van der Waals surface area contributed by atoms with Crippen LogP contribution in [0, 0.1) is 0 Å². The maximum absolute atomic E-state index is 12.1. The van der Waals surface area contributed by atoms with E-state index in [4.69, 9.17) is 0 Å². The van der Waals surface area contributed by atoms with Gasteiger partial charge >= 0.3 is 0 Å². The number of sulfonamides is 1. The number of benzene rings is 1. The van der Waals surface area contributed by atoms with Crippen molar-refractivity contribution < 1.29 is 8.42 Å². The van der Waals surface area contributed by atoms with E-state index in [1.807, 2.05) is 6.07 Å². The van der Waals surface area contributed by atoms with Crippen LogP contribution >= 0.6 is 0 Å². The molecule has 1 aromatic carbocycles. The van der Waals surface area contributed by atoms with Gasteiger partial charge in [-0.25, -0.2) is 13.1 Å². The van der Waals surface area contributed by atoms with Gasteiger partial charge in [-0.2, -0.15) is 0 Å². The molecule has 1 N–H and O–H groups in total. The summed E-state index contributed by atoms with van der Waals surface area (Å²) in [6.07, 6.45) is 7.43. The summed E-state index contributed by atoms with van der Waals surface area (Å²) in [4.78, 5) is 2.72. The summed E-state index contributed by atoms with van der Waals surface area (Å²) < 4.78 is 26.8. The number of nitrogens with one attached hydrogen (secondary N) is 1. The molecule has 0 unspecified atom stereocenters. The van der Waals surface area contributed by atoms with Gasteiger partial charge in [0.25, 0.3) is 0 Å². The minimum Gasteiger partial charge on any atom is -0.303 e. The fourth-order valence-corrected chi connectivity index (χ4v) is 4.02. The summed E-state index contributed by atoms with van der Waals surface area (Å²) in [7, 11) is -1.20. The van der Waals surface area contributed by atoms with Crippen molar-refractivity contribution in [2.75, 3.05) is 20.1 Å². The van der Waals surface area contributed by atoms with E-state index in [1.54, 1.807) is 24.3 Å². The Morgan fingerprint density at radius 2 is 1.81 bits per heavy atom. The lowest BCUT2D eigenvalue weighted by molar-refractivity contribution is 0.190. The van der Waals surface area contributed by atoms with Crippen molar-refractivity contribution in [3.8, 4) is 0 Å². The van der Waals surface area contributed by atoms with Crippen LogP contribution in [0.4, 0.5) is 0 Å². The Balaban J connectivity index is 1.72. The topological polar surface area (TPSA) is 49.4 Å². The molecule has 4 nitrogen and oxygen atoms in total. The van der Waals surface area contributed by atoms with Gasteiger partial charge < -0.3 is 4.90 Å². The molecule has 0 radical (unpaired) electrons. The zero-order valence-corrected chi connectivity index (χ0v) is 13.6. The van der Waals surface area contributed by atoms with Crippen LogP contribution in [0.1, 0.15) is 38.5 Å². The van der Waals surface area contributed by atoms with E-state index in [0.29, 0.717) is 17.5 Å². The van der Waals surface area contributed by atoms with Gasteiger partial charge in [-0.05, 0) is 45.0 Å². The molecular formula is C16H26N2O2S. The third-order valence-electron chi connectivity index (χ3n) is 4.23. The molecule has 5 heteroatoms. The Morgan fingerprint density at radius 1 is 1.14 bits per heavy atom. The Labute approximate surface area is 128 Å². The molecule has 1 aliphatic rings. The van der Waals surface area contributed by atoms with Crippen molar-refractivity contribution in [2.24, 2.45) is 0 Å². The van der Waals surface area contributed by atoms with Crippen molar-refractivity contribution in [3.63, 3.8) is 0 Å². The minimum atomic E-state index is -3.35. The smallest absolute Gasteiger partial charge is 0.240 e. The van der Waals surface area contributed by atoms with Crippen molar-refractivity contribution in [1.82, 2.24) is 9.62 Å². The second-order valence-corrected chi connectivity index (χ2v) is 7.60. The first-order chi connectivity index (χ1) is 10.1. The van der Waals surface area contributed by atoms with Crippen LogP contribution in [-0.4, -0.2) is 39.5 Å². The number of hydrogen-bond donors (Lipinski definition) is 1. The number of nitrogens with zero attached hydrogens (tertiary/aromatic N) is 1. The highest BCUT2D eigenvalue weighted by atomic mass is 32.2. The largest absolute Gasteiger partial charge is 0.303 e. The van der Waals surface area contributed by atoms with E-state index < -0.39 is 10.0 Å². The summed E-state index contributed by atoms with van der Waals surface area (Å²) in [6, 6.07) is 9.23. The molecule has 0 spiro atoms. The highest BCUT2D eigenvalue weighted by Gasteiger charge is 2.18. The lowest BCUT2D eigenvalue weighted by Gasteiger charge is -2.31. The standard InChI is InChI=1S/C16H26N2O2S/c1-18(15-9-4-2-5-10-15)14-8-13-17-21(19,20)16-11-6-3-7-12-16/h3,6-7,11-12,15,17H,2,4-5,8-10,13-14H2,1H3. The Morgan fingerprint density at radius 3 is 2.48 bits per heavy atom. The molecule has 0 amide bonds. The van der Waals surface area contributed by atoms with Gasteiger partial charge in [0.2, 0.25) is 10.0 Å². The Bertz CT molecular complexity index is 510. The van der Waals surface area contributed by atoms with Crippen LogP contribution in [0.3, 0.4) is 0 Å². The molecule has 0 heterocycles. The fraction of sp³-hybridized carbons (Fsp3) is 0.625. The van der Waals surface area contributed by atoms with Gasteiger partial charge in [-0.1, -0.05) is 37.5 Å². The minimum absolute atomic E-state index is 0.339. The Hall–Kier alpha value is -0.910. The molecule has 0 bridgehead atoms. The highest BCUT2D eigenvalue weighted by molar-refractivity contribution is 7.89. The van der Waals surface area contributed by atoms with E-state index in [0.717, 1.165) is 13.0 Å². The molecular weight excluding hydrogens is 284 g/mol. The van der Waals surface area contributed by atoms with Gasteiger partial charge in [0.05, 0.1) is 4.90 Å². The molecule has 1 saturated carbocycles. The van der Waals surface area contributed by atoms with E-state index in [1.165, 1.54) is 32.1 Å². The van der Waals surface area contributed by atoms with Crippen LogP contribution in [0.2, 0.25) is 0 Å². The average Bonchev–Trinajstić information content (AvgIpc) is 2.53. The zero-order chi connectivity index (χ0) is 15.1. The van der Waals surface area contributed by atoms with Gasteiger partial charge in [-0.15, -0.1) is 0 Å². The molecule has 2 rings (SSSR count). The molecule has 0 aromatic heterocycles. The number of hydrogen-bond acceptors (Lipinski definition) is 3. The molecule has 0 atom stereocenters. The van der Waals surface area contributed by atoms with Crippen LogP contribution in [0.25, 0.3) is 0 Å². The van der Waals surface area contributed by atoms with Crippen LogP contribution < -0.4 is 4.72 Å². The van der Waals surface area contributed by atoms with E-state index >= 15 is 0 Å². The first-order valence-corrected chi connectivity index (χ1v) is 9.33. The van der Waals surface area contributed by atoms with Crippen molar-refractivity contribution >= 4 is 10.0 Å². The third-order valence-corrected chi connectivity index (χ3v) is 5.71. The first-order valence-electron chi connectivity index (χ1n) is 7.84. The van der Waals surface area contributed by atoms with Crippen molar-refractivity contribution in [1.29, 1.82) is 0 Å². The monoisotopic (exact) mass is 310 g/mol. The second kappa shape index (κ2) is 7.92. The predicted octanol–water partition coefficient (Wildman–Crippen LogP) is 2.62. The van der Waals surface area contributed by atoms with E-state index in [-0.39, 0.29) is 0 Å². The van der Waals surface area contributed by atoms with Crippen molar-refractivity contribution in [3.05, 3.63) is 30.3 Å². The highest BCUT2D eigenvalue weighted by Crippen LogP contribution is 2.21. The average molecular weight is 310 g/mol. The predicted molar refractivity (Wildman–Crippen MR) is 85.8 cm³/mol. The lowest BCUT2D eigenvalue weighted by Crippen LogP contribution is -2.35. The van der Waals surface area contributed by atoms with Crippen LogP contribution in [0.5, 0.6) is 0 Å². The fourth-order valence-electron chi connectivity index (χ4n) is 2.92. The summed E-state index contributed by atoms with van der Waals surface area (Å²) >= 11 is 0. The second-order valence-electron chi connectivity index (χ2n) is 5.84. The maximum atomic E-state index is 12.1. The van der Waals surface area contributed by atoms with Gasteiger partial charge in [0, 0.05) is 12.6 Å². The first kappa shape index (κ1) is 16.5. The van der Waals surface area contributed by atoms with Gasteiger partial charge in [0.1, 0.15) is 0 Å². The molecule has 0 saturated heterocycles. The quantitative estimate of drug-likeness (QED) is 0.788. The summed E-state index contributed by atoms with van der Waals surface area (Å²) in [5.74, 6) is 0. The summed E-state index contributed by atoms with van der Waals surface area (Å²) in [6.45, 7) is 1.44. The van der Waals surface area contributed by atoms with Crippen molar-refractivity contribution in [2.45, 2.75) is 49.5 Å². The van der Waals surface area contributed by atoms with Gasteiger partial charge in [-0.3, -0.25) is 0 Å². The third kappa shape index (κ3) is 5.09. The van der Waals surface area contributed by atoms with Crippen LogP contribution in [0.15, 0.2) is 35.2 Å². The zero-order valence-electron chi connectivity index (χ0n) is 12.8. The normalized spacial score (nSPS) is 17.2. The maximum Gasteiger partial charge on any atom is 0.240 e. The molecule has 0 aliphatic heterocycles. The Kier molecular flexibility index (Phi) is 6.21. The molecule has 21 heavy (non-hydrogen) atoms. The molecule has 1 aromatic rings. The lowest BCUT2D eigenvalue weighted by atomic mass is 9.94. The molecule has 1 fully saturated rings. The van der Waals surface area contributed by atoms with Gasteiger partial charge in [0.15, 0.2) is 0 Å². The SMILES string of the molecule is CN(CCCNS(=O)(=O)c1ccccc1)C1CCCCC1. The summed E-state index contributed by atoms with van der Waals surface area (Å²) in [5, 5.41) is 0. The van der Waals surface area contributed by atoms with Crippen LogP contribution in [-0.2, 0) is 10.0 Å². The molecule has 118 valence electrons. The summed E-state index contributed by atoms with van der Waals surface area (Å²) in [5.41, 5.74) is 0. The van der Waals surface area contributed by atoms with E-state index in [2.05, 4.69) is 16.7 Å².